The number of likely N-dealkylation sites (tertiary alicyclic amines) is 1. The van der Waals surface area contributed by atoms with Gasteiger partial charge in [0.25, 0.3) is 0 Å². The lowest BCUT2D eigenvalue weighted by molar-refractivity contribution is -0.134. The van der Waals surface area contributed by atoms with Crippen LogP contribution in [0.3, 0.4) is 0 Å². The number of carbonyl (C=O) groups is 1. The van der Waals surface area contributed by atoms with Gasteiger partial charge in [-0.15, -0.1) is 0 Å². The zero-order chi connectivity index (χ0) is 16.2. The first-order chi connectivity index (χ1) is 10.4. The van der Waals surface area contributed by atoms with E-state index in [1.54, 1.807) is 0 Å². The van der Waals surface area contributed by atoms with E-state index >= 15 is 0 Å². The van der Waals surface area contributed by atoms with Crippen molar-refractivity contribution in [2.75, 3.05) is 19.7 Å². The molecule has 2 rings (SSSR count). The summed E-state index contributed by atoms with van der Waals surface area (Å²) in [6, 6.07) is 9.73. The number of ether oxygens (including phenoxy) is 1. The molecule has 1 aromatic rings. The Bertz CT molecular complexity index is 482. The zero-order valence-electron chi connectivity index (χ0n) is 13.9. The molecule has 122 valence electrons. The molecule has 1 aliphatic rings. The van der Waals surface area contributed by atoms with E-state index in [-0.39, 0.29) is 11.3 Å². The van der Waals surface area contributed by atoms with Gasteiger partial charge in [-0.05, 0) is 17.4 Å². The van der Waals surface area contributed by atoms with Crippen LogP contribution < -0.4 is 5.73 Å². The Morgan fingerprint density at radius 3 is 2.68 bits per heavy atom. The summed E-state index contributed by atoms with van der Waals surface area (Å²) in [7, 11) is 0. The van der Waals surface area contributed by atoms with Crippen LogP contribution in [0.15, 0.2) is 30.3 Å². The second-order valence-corrected chi connectivity index (χ2v) is 7.28. The molecule has 4 heteroatoms. The minimum Gasteiger partial charge on any atom is -0.376 e. The van der Waals surface area contributed by atoms with Crippen LogP contribution in [-0.2, 0) is 16.1 Å². The molecule has 1 heterocycles. The van der Waals surface area contributed by atoms with Crippen molar-refractivity contribution in [3.05, 3.63) is 35.9 Å². The fraction of sp³-hybridized carbons (Fsp3) is 0.611. The Labute approximate surface area is 133 Å². The Morgan fingerprint density at radius 2 is 2.05 bits per heavy atom. The minimum absolute atomic E-state index is 0.0676. The predicted octanol–water partition coefficient (Wildman–Crippen LogP) is 2.43. The van der Waals surface area contributed by atoms with Crippen molar-refractivity contribution in [1.82, 2.24) is 4.90 Å². The molecule has 1 unspecified atom stereocenters. The van der Waals surface area contributed by atoms with Gasteiger partial charge in [0.15, 0.2) is 0 Å². The molecule has 1 fully saturated rings. The molecule has 0 aromatic heterocycles. The van der Waals surface area contributed by atoms with Crippen LogP contribution in [0.5, 0.6) is 0 Å². The topological polar surface area (TPSA) is 55.6 Å². The summed E-state index contributed by atoms with van der Waals surface area (Å²) in [5.74, 6) is 0.484. The highest BCUT2D eigenvalue weighted by Crippen LogP contribution is 2.23. The third-order valence-corrected chi connectivity index (χ3v) is 4.26. The molecule has 0 spiro atoms. The lowest BCUT2D eigenvalue weighted by Gasteiger charge is -2.30. The van der Waals surface area contributed by atoms with Gasteiger partial charge in [-0.1, -0.05) is 51.1 Å². The summed E-state index contributed by atoms with van der Waals surface area (Å²) >= 11 is 0. The summed E-state index contributed by atoms with van der Waals surface area (Å²) in [6.45, 7) is 8.90. The Morgan fingerprint density at radius 1 is 1.36 bits per heavy atom. The van der Waals surface area contributed by atoms with Crippen molar-refractivity contribution >= 4 is 5.91 Å². The molecule has 2 N–H and O–H groups in total. The van der Waals surface area contributed by atoms with Crippen LogP contribution in [0.4, 0.5) is 0 Å². The third kappa shape index (κ3) is 4.55. The maximum atomic E-state index is 12.4. The highest BCUT2D eigenvalue weighted by molar-refractivity contribution is 5.82. The molecule has 0 aliphatic carbocycles. The molecule has 1 saturated heterocycles. The molecular weight excluding hydrogens is 276 g/mol. The quantitative estimate of drug-likeness (QED) is 0.909. The van der Waals surface area contributed by atoms with Gasteiger partial charge in [0.1, 0.15) is 0 Å². The second-order valence-electron chi connectivity index (χ2n) is 7.28. The normalized spacial score (nSPS) is 20.2. The first-order valence-electron chi connectivity index (χ1n) is 8.04. The van der Waals surface area contributed by atoms with E-state index in [9.17, 15) is 4.79 Å². The summed E-state index contributed by atoms with van der Waals surface area (Å²) in [5.41, 5.74) is 7.06. The van der Waals surface area contributed by atoms with Gasteiger partial charge < -0.3 is 15.4 Å². The number of rotatable bonds is 5. The molecule has 1 aromatic carbocycles. The van der Waals surface area contributed by atoms with E-state index in [1.807, 2.05) is 43.9 Å². The van der Waals surface area contributed by atoms with Gasteiger partial charge in [-0.2, -0.15) is 0 Å². The lowest BCUT2D eigenvalue weighted by atomic mass is 9.86. The van der Waals surface area contributed by atoms with Gasteiger partial charge in [0.05, 0.1) is 19.3 Å². The molecule has 2 atom stereocenters. The average molecular weight is 304 g/mol. The maximum absolute atomic E-state index is 12.4. The number of nitrogens with zero attached hydrogens (tertiary/aromatic N) is 1. The van der Waals surface area contributed by atoms with Crippen molar-refractivity contribution in [2.45, 2.75) is 39.8 Å². The van der Waals surface area contributed by atoms with Crippen LogP contribution in [-0.4, -0.2) is 36.5 Å². The standard InChI is InChI=1S/C18H28N2O2/c1-18(2,3)16(19)17(21)20-10-9-15(11-20)13-22-12-14-7-5-4-6-8-14/h4-8,15-16H,9-13,19H2,1-3H3/t15?,16-/m1/s1. The lowest BCUT2D eigenvalue weighted by Crippen LogP contribution is -2.49. The van der Waals surface area contributed by atoms with E-state index in [2.05, 4.69) is 12.1 Å². The Kier molecular flexibility index (Phi) is 5.59. The van der Waals surface area contributed by atoms with Gasteiger partial charge in [-0.3, -0.25) is 4.79 Å². The first kappa shape index (κ1) is 17.0. The Balaban J connectivity index is 1.75. The number of amides is 1. The van der Waals surface area contributed by atoms with E-state index in [4.69, 9.17) is 10.5 Å². The highest BCUT2D eigenvalue weighted by Gasteiger charge is 2.34. The smallest absolute Gasteiger partial charge is 0.240 e. The minimum atomic E-state index is -0.434. The summed E-state index contributed by atoms with van der Waals surface area (Å²) in [5, 5.41) is 0. The number of hydrogen-bond donors (Lipinski definition) is 1. The van der Waals surface area contributed by atoms with Gasteiger partial charge in [0.2, 0.25) is 5.91 Å². The number of benzene rings is 1. The van der Waals surface area contributed by atoms with E-state index in [0.717, 1.165) is 19.5 Å². The fourth-order valence-corrected chi connectivity index (χ4v) is 2.65. The average Bonchev–Trinajstić information content (AvgIpc) is 2.95. The number of nitrogens with two attached hydrogens (primary N) is 1. The summed E-state index contributed by atoms with van der Waals surface area (Å²) < 4.78 is 5.79. The van der Waals surface area contributed by atoms with Crippen LogP contribution >= 0.6 is 0 Å². The van der Waals surface area contributed by atoms with Crippen LogP contribution in [0, 0.1) is 11.3 Å². The number of hydrogen-bond acceptors (Lipinski definition) is 3. The van der Waals surface area contributed by atoms with E-state index in [1.165, 1.54) is 5.56 Å². The van der Waals surface area contributed by atoms with Gasteiger partial charge in [-0.25, -0.2) is 0 Å². The van der Waals surface area contributed by atoms with Crippen molar-refractivity contribution < 1.29 is 9.53 Å². The summed E-state index contributed by atoms with van der Waals surface area (Å²) in [4.78, 5) is 14.3. The van der Waals surface area contributed by atoms with Gasteiger partial charge >= 0.3 is 0 Å². The van der Waals surface area contributed by atoms with Crippen molar-refractivity contribution in [1.29, 1.82) is 0 Å². The van der Waals surface area contributed by atoms with Crippen LogP contribution in [0.25, 0.3) is 0 Å². The fourth-order valence-electron chi connectivity index (χ4n) is 2.65. The van der Waals surface area contributed by atoms with E-state index in [0.29, 0.717) is 19.1 Å². The van der Waals surface area contributed by atoms with Crippen molar-refractivity contribution in [3.63, 3.8) is 0 Å². The second kappa shape index (κ2) is 7.25. The molecule has 22 heavy (non-hydrogen) atoms. The zero-order valence-corrected chi connectivity index (χ0v) is 13.9. The van der Waals surface area contributed by atoms with E-state index < -0.39 is 6.04 Å². The third-order valence-electron chi connectivity index (χ3n) is 4.26. The highest BCUT2D eigenvalue weighted by atomic mass is 16.5. The van der Waals surface area contributed by atoms with Crippen LogP contribution in [0.2, 0.25) is 0 Å². The molecule has 1 amide bonds. The van der Waals surface area contributed by atoms with Crippen molar-refractivity contribution in [3.8, 4) is 0 Å². The maximum Gasteiger partial charge on any atom is 0.240 e. The summed E-state index contributed by atoms with van der Waals surface area (Å²) in [6.07, 6.45) is 0.997. The van der Waals surface area contributed by atoms with Crippen LogP contribution in [0.1, 0.15) is 32.8 Å². The SMILES string of the molecule is CC(C)(C)[C@H](N)C(=O)N1CCC(COCc2ccccc2)C1. The molecule has 4 nitrogen and oxygen atoms in total. The molecule has 0 radical (unpaired) electrons. The predicted molar refractivity (Wildman–Crippen MR) is 88.2 cm³/mol. The molecule has 1 aliphatic heterocycles. The first-order valence-corrected chi connectivity index (χ1v) is 8.04. The molecular formula is C18H28N2O2. The van der Waals surface area contributed by atoms with Gasteiger partial charge in [0, 0.05) is 19.0 Å². The largest absolute Gasteiger partial charge is 0.376 e. The molecule has 0 bridgehead atoms. The molecule has 0 saturated carbocycles. The Hall–Kier alpha value is -1.39. The monoisotopic (exact) mass is 304 g/mol. The number of carbonyl (C=O) groups excluding carboxylic acids is 1. The van der Waals surface area contributed by atoms with Crippen molar-refractivity contribution in [2.24, 2.45) is 17.1 Å².